The number of ether oxygens (including phenoxy) is 1. The zero-order valence-corrected chi connectivity index (χ0v) is 17.7. The molecule has 5 nitrogen and oxygen atoms in total. The van der Waals surface area contributed by atoms with Gasteiger partial charge in [0.2, 0.25) is 0 Å². The van der Waals surface area contributed by atoms with Crippen molar-refractivity contribution >= 4 is 33.3 Å². The number of carbonyl (C=O) groups excluding carboxylic acids is 1. The number of thioether (sulfide) groups is 1. The molecule has 1 N–H and O–H groups in total. The Hall–Kier alpha value is -2.77. The van der Waals surface area contributed by atoms with E-state index in [1.807, 2.05) is 6.92 Å². The van der Waals surface area contributed by atoms with E-state index in [-0.39, 0.29) is 10.7 Å². The molecule has 0 saturated heterocycles. The first kappa shape index (κ1) is 21.0. The van der Waals surface area contributed by atoms with Gasteiger partial charge in [0.15, 0.2) is 5.78 Å². The van der Waals surface area contributed by atoms with E-state index < -0.39 is 10.0 Å². The van der Waals surface area contributed by atoms with Crippen LogP contribution in [0, 0.1) is 6.92 Å². The maximum Gasteiger partial charge on any atom is 0.261 e. The Morgan fingerprint density at radius 2 is 1.55 bits per heavy atom. The summed E-state index contributed by atoms with van der Waals surface area (Å²) >= 11 is 1.40. The van der Waals surface area contributed by atoms with Crippen molar-refractivity contribution < 1.29 is 17.9 Å². The van der Waals surface area contributed by atoms with Gasteiger partial charge in [0.05, 0.1) is 17.8 Å². The van der Waals surface area contributed by atoms with Gasteiger partial charge >= 0.3 is 0 Å². The summed E-state index contributed by atoms with van der Waals surface area (Å²) in [5.41, 5.74) is 2.09. The maximum atomic E-state index is 12.4. The molecule has 29 heavy (non-hydrogen) atoms. The van der Waals surface area contributed by atoms with E-state index in [4.69, 9.17) is 4.74 Å². The number of sulfonamides is 1. The number of Topliss-reactive ketones (excluding diaryl/α,β-unsaturated/α-hetero) is 1. The molecule has 0 aliphatic rings. The highest BCUT2D eigenvalue weighted by Crippen LogP contribution is 2.23. The number of ketones is 1. The summed E-state index contributed by atoms with van der Waals surface area (Å²) in [6.07, 6.45) is 0. The van der Waals surface area contributed by atoms with E-state index in [9.17, 15) is 13.2 Å². The molecule has 0 spiro atoms. The molecule has 0 bridgehead atoms. The van der Waals surface area contributed by atoms with Crippen LogP contribution < -0.4 is 9.46 Å². The number of rotatable bonds is 8. The van der Waals surface area contributed by atoms with E-state index >= 15 is 0 Å². The molecule has 0 atom stereocenters. The van der Waals surface area contributed by atoms with E-state index in [2.05, 4.69) is 4.72 Å². The lowest BCUT2D eigenvalue weighted by Crippen LogP contribution is -2.12. The lowest BCUT2D eigenvalue weighted by molar-refractivity contribution is 0.102. The molecule has 0 fully saturated rings. The van der Waals surface area contributed by atoms with E-state index in [1.54, 1.807) is 79.9 Å². The number of anilines is 1. The normalized spacial score (nSPS) is 11.1. The first-order valence-electron chi connectivity index (χ1n) is 8.87. The minimum Gasteiger partial charge on any atom is -0.497 e. The fraction of sp³-hybridized carbons (Fsp3) is 0.136. The largest absolute Gasteiger partial charge is 0.497 e. The molecule has 7 heteroatoms. The number of benzene rings is 3. The SMILES string of the molecule is COc1ccc(C(=O)CSc2ccc(NS(=O)(=O)c3ccc(C)cc3)cc2)cc1. The molecule has 3 rings (SSSR count). The highest BCUT2D eigenvalue weighted by Gasteiger charge is 2.14. The summed E-state index contributed by atoms with van der Waals surface area (Å²) in [4.78, 5) is 13.4. The highest BCUT2D eigenvalue weighted by atomic mass is 32.2. The number of hydrogen-bond acceptors (Lipinski definition) is 5. The van der Waals surface area contributed by atoms with Crippen molar-refractivity contribution in [2.24, 2.45) is 0 Å². The molecule has 150 valence electrons. The summed E-state index contributed by atoms with van der Waals surface area (Å²) in [7, 11) is -2.05. The number of nitrogens with one attached hydrogen (secondary N) is 1. The number of carbonyl (C=O) groups is 1. The van der Waals surface area contributed by atoms with Crippen molar-refractivity contribution in [2.75, 3.05) is 17.6 Å². The van der Waals surface area contributed by atoms with Crippen molar-refractivity contribution in [1.29, 1.82) is 0 Å². The van der Waals surface area contributed by atoms with Gasteiger partial charge in [-0.05, 0) is 67.6 Å². The summed E-state index contributed by atoms with van der Waals surface area (Å²) in [6.45, 7) is 1.90. The van der Waals surface area contributed by atoms with Gasteiger partial charge in [-0.25, -0.2) is 8.42 Å². The molecule has 0 radical (unpaired) electrons. The monoisotopic (exact) mass is 427 g/mol. The second-order valence-corrected chi connectivity index (χ2v) is 9.11. The fourth-order valence-corrected chi connectivity index (χ4v) is 4.41. The molecule has 0 amide bonds. The number of methoxy groups -OCH3 is 1. The number of hydrogen-bond donors (Lipinski definition) is 1. The smallest absolute Gasteiger partial charge is 0.261 e. The van der Waals surface area contributed by atoms with Crippen LogP contribution in [0.25, 0.3) is 0 Å². The van der Waals surface area contributed by atoms with E-state index in [0.29, 0.717) is 22.8 Å². The minimum atomic E-state index is -3.63. The molecule has 0 heterocycles. The van der Waals surface area contributed by atoms with Gasteiger partial charge in [-0.1, -0.05) is 17.7 Å². The average Bonchev–Trinajstić information content (AvgIpc) is 2.73. The second kappa shape index (κ2) is 9.15. The molecular weight excluding hydrogens is 406 g/mol. The molecule has 0 aromatic heterocycles. The average molecular weight is 428 g/mol. The third kappa shape index (κ3) is 5.62. The van der Waals surface area contributed by atoms with Crippen molar-refractivity contribution in [3.63, 3.8) is 0 Å². The topological polar surface area (TPSA) is 72.5 Å². The summed E-state index contributed by atoms with van der Waals surface area (Å²) in [5.74, 6) is 1.01. The second-order valence-electron chi connectivity index (χ2n) is 6.38. The van der Waals surface area contributed by atoms with Crippen LogP contribution in [0.5, 0.6) is 5.75 Å². The molecule has 3 aromatic carbocycles. The zero-order valence-electron chi connectivity index (χ0n) is 16.1. The molecule has 0 aliphatic carbocycles. The highest BCUT2D eigenvalue weighted by molar-refractivity contribution is 8.00. The Labute approximate surface area is 175 Å². The molecular formula is C22H21NO4S2. The third-order valence-corrected chi connectivity index (χ3v) is 6.63. The lowest BCUT2D eigenvalue weighted by Gasteiger charge is -2.09. The van der Waals surface area contributed by atoms with Gasteiger partial charge in [0.1, 0.15) is 5.75 Å². The van der Waals surface area contributed by atoms with Gasteiger partial charge in [-0.2, -0.15) is 0 Å². The molecule has 0 saturated carbocycles. The van der Waals surface area contributed by atoms with E-state index in [0.717, 1.165) is 10.5 Å². The van der Waals surface area contributed by atoms with Crippen LogP contribution in [-0.2, 0) is 10.0 Å². The Balaban J connectivity index is 1.59. The lowest BCUT2D eigenvalue weighted by atomic mass is 10.1. The number of aryl methyl sites for hydroxylation is 1. The first-order valence-corrected chi connectivity index (χ1v) is 11.3. The summed E-state index contributed by atoms with van der Waals surface area (Å²) < 4.78 is 32.6. The Morgan fingerprint density at radius 3 is 2.14 bits per heavy atom. The van der Waals surface area contributed by atoms with E-state index in [1.165, 1.54) is 11.8 Å². The quantitative estimate of drug-likeness (QED) is 0.414. The van der Waals surface area contributed by atoms with Crippen LogP contribution in [0.15, 0.2) is 82.6 Å². The van der Waals surface area contributed by atoms with Crippen LogP contribution >= 0.6 is 11.8 Å². The van der Waals surface area contributed by atoms with Crippen LogP contribution in [0.4, 0.5) is 5.69 Å². The van der Waals surface area contributed by atoms with Gasteiger partial charge < -0.3 is 4.74 Å². The van der Waals surface area contributed by atoms with Gasteiger partial charge in [-0.3, -0.25) is 9.52 Å². The third-order valence-electron chi connectivity index (χ3n) is 4.22. The first-order chi connectivity index (χ1) is 13.9. The zero-order chi connectivity index (χ0) is 20.9. The fourth-order valence-electron chi connectivity index (χ4n) is 2.56. The van der Waals surface area contributed by atoms with Crippen LogP contribution in [0.3, 0.4) is 0 Å². The molecule has 0 aliphatic heterocycles. The summed E-state index contributed by atoms with van der Waals surface area (Å²) in [6, 6.07) is 20.6. The predicted octanol–water partition coefficient (Wildman–Crippen LogP) is 4.78. The van der Waals surface area contributed by atoms with Crippen LogP contribution in [0.1, 0.15) is 15.9 Å². The van der Waals surface area contributed by atoms with Gasteiger partial charge in [-0.15, -0.1) is 11.8 Å². The molecule has 0 unspecified atom stereocenters. The van der Waals surface area contributed by atoms with Crippen molar-refractivity contribution in [2.45, 2.75) is 16.7 Å². The van der Waals surface area contributed by atoms with Crippen LogP contribution in [-0.4, -0.2) is 27.1 Å². The maximum absolute atomic E-state index is 12.4. The Kier molecular flexibility index (Phi) is 6.61. The Bertz CT molecular complexity index is 1080. The Morgan fingerprint density at radius 1 is 0.931 bits per heavy atom. The summed E-state index contributed by atoms with van der Waals surface area (Å²) in [5, 5.41) is 0. The van der Waals surface area contributed by atoms with Crippen molar-refractivity contribution in [3.05, 3.63) is 83.9 Å². The minimum absolute atomic E-state index is 0.0156. The van der Waals surface area contributed by atoms with Crippen LogP contribution in [0.2, 0.25) is 0 Å². The molecule has 3 aromatic rings. The standard InChI is InChI=1S/C22H21NO4S2/c1-16-3-13-21(14-4-16)29(25,26)23-18-7-11-20(12-8-18)28-15-22(24)17-5-9-19(27-2)10-6-17/h3-14,23H,15H2,1-2H3. The predicted molar refractivity (Wildman–Crippen MR) is 116 cm³/mol. The van der Waals surface area contributed by atoms with Crippen molar-refractivity contribution in [3.8, 4) is 5.75 Å². The van der Waals surface area contributed by atoms with Crippen molar-refractivity contribution in [1.82, 2.24) is 0 Å². The van der Waals surface area contributed by atoms with Gasteiger partial charge in [0, 0.05) is 16.1 Å². The van der Waals surface area contributed by atoms with Gasteiger partial charge in [0.25, 0.3) is 10.0 Å².